The minimum atomic E-state index is -0.455. The van der Waals surface area contributed by atoms with Gasteiger partial charge in [0.2, 0.25) is 5.91 Å². The van der Waals surface area contributed by atoms with Crippen LogP contribution in [0, 0.1) is 5.92 Å². The van der Waals surface area contributed by atoms with Crippen LogP contribution in [-0.4, -0.2) is 16.7 Å². The predicted octanol–water partition coefficient (Wildman–Crippen LogP) is 4.31. The smallest absolute Gasteiger partial charge is 0.241 e. The molecule has 0 saturated heterocycles. The van der Waals surface area contributed by atoms with Crippen LogP contribution in [-0.2, 0) is 4.79 Å². The van der Waals surface area contributed by atoms with Gasteiger partial charge in [0.1, 0.15) is 0 Å². The van der Waals surface area contributed by atoms with Crippen molar-refractivity contribution in [3.63, 3.8) is 0 Å². The Morgan fingerprint density at radius 2 is 1.81 bits per heavy atom. The Labute approximate surface area is 138 Å². The fraction of sp³-hybridized carbons (Fsp3) is 0.562. The fourth-order valence-corrected chi connectivity index (χ4v) is 2.68. The summed E-state index contributed by atoms with van der Waals surface area (Å²) < 4.78 is 0.184. The molecule has 2 atom stereocenters. The summed E-state index contributed by atoms with van der Waals surface area (Å²) in [6.45, 7) is 10.6. The summed E-state index contributed by atoms with van der Waals surface area (Å²) >= 11 is 1.81. The molecule has 3 N–H and O–H groups in total. The number of halogens is 1. The van der Waals surface area contributed by atoms with Gasteiger partial charge in [-0.2, -0.15) is 0 Å². The number of carbonyl (C=O) groups excluding carboxylic acids is 1. The molecule has 0 radical (unpaired) electrons. The van der Waals surface area contributed by atoms with E-state index in [9.17, 15) is 4.79 Å². The van der Waals surface area contributed by atoms with E-state index in [0.717, 1.165) is 12.1 Å². The monoisotopic (exact) mass is 330 g/mol. The van der Waals surface area contributed by atoms with Gasteiger partial charge in [0.15, 0.2) is 0 Å². The molecule has 5 heteroatoms. The van der Waals surface area contributed by atoms with Gasteiger partial charge in [-0.25, -0.2) is 0 Å². The Kier molecular flexibility index (Phi) is 8.37. The molecular formula is C16H27ClN2OS. The topological polar surface area (TPSA) is 55.1 Å². The first kappa shape index (κ1) is 20.3. The minimum Gasteiger partial charge on any atom is -0.325 e. The van der Waals surface area contributed by atoms with E-state index in [-0.39, 0.29) is 29.0 Å². The van der Waals surface area contributed by atoms with Crippen molar-refractivity contribution in [1.82, 2.24) is 0 Å². The number of anilines is 1. The molecule has 0 heterocycles. The predicted molar refractivity (Wildman–Crippen MR) is 95.4 cm³/mol. The number of benzene rings is 1. The maximum Gasteiger partial charge on any atom is 0.241 e. The second-order valence-corrected chi connectivity index (χ2v) is 8.04. The summed E-state index contributed by atoms with van der Waals surface area (Å²) in [4.78, 5) is 13.2. The highest BCUT2D eigenvalue weighted by atomic mass is 35.5. The second kappa shape index (κ2) is 8.66. The van der Waals surface area contributed by atoms with Gasteiger partial charge in [-0.05, 0) is 30.2 Å². The quantitative estimate of drug-likeness (QED) is 0.791. The maximum absolute atomic E-state index is 12.0. The number of nitrogens with one attached hydrogen (secondary N) is 1. The molecule has 0 aliphatic carbocycles. The van der Waals surface area contributed by atoms with Crippen LogP contribution < -0.4 is 11.1 Å². The van der Waals surface area contributed by atoms with Crippen LogP contribution in [0.3, 0.4) is 0 Å². The van der Waals surface area contributed by atoms with Crippen molar-refractivity contribution >= 4 is 35.8 Å². The van der Waals surface area contributed by atoms with E-state index in [0.29, 0.717) is 0 Å². The van der Waals surface area contributed by atoms with Crippen molar-refractivity contribution in [2.45, 2.75) is 56.7 Å². The Hall–Kier alpha value is -0.710. The minimum absolute atomic E-state index is 0. The molecule has 2 unspecified atom stereocenters. The van der Waals surface area contributed by atoms with Crippen LogP contribution in [0.25, 0.3) is 0 Å². The molecular weight excluding hydrogens is 304 g/mol. The Balaban J connectivity index is 0.00000400. The number of thioether (sulfide) groups is 1. The maximum atomic E-state index is 12.0. The van der Waals surface area contributed by atoms with Gasteiger partial charge in [0.25, 0.3) is 0 Å². The Bertz CT molecular complexity index is 443. The fourth-order valence-electron chi connectivity index (χ4n) is 1.70. The summed E-state index contributed by atoms with van der Waals surface area (Å²) in [7, 11) is 0. The third-order valence-corrected chi connectivity index (χ3v) is 4.23. The van der Waals surface area contributed by atoms with E-state index < -0.39 is 6.04 Å². The van der Waals surface area contributed by atoms with Crippen LogP contribution in [0.2, 0.25) is 0 Å². The normalized spacial score (nSPS) is 14.0. The molecule has 0 spiro atoms. The highest BCUT2D eigenvalue weighted by Crippen LogP contribution is 2.32. The SMILES string of the molecule is CCC(C)C(N)C(=O)Nc1ccc(SC(C)(C)C)cc1.Cl. The molecule has 0 aliphatic heterocycles. The zero-order valence-electron chi connectivity index (χ0n) is 13.5. The van der Waals surface area contributed by atoms with Crippen LogP contribution in [0.15, 0.2) is 29.2 Å². The summed E-state index contributed by atoms with van der Waals surface area (Å²) in [6, 6.07) is 7.45. The largest absolute Gasteiger partial charge is 0.325 e. The van der Waals surface area contributed by atoms with Gasteiger partial charge in [0, 0.05) is 15.3 Å². The van der Waals surface area contributed by atoms with Crippen molar-refractivity contribution in [2.24, 2.45) is 11.7 Å². The lowest BCUT2D eigenvalue weighted by molar-refractivity contribution is -0.118. The standard InChI is InChI=1S/C16H26N2OS.ClH/c1-6-11(2)14(17)15(19)18-12-7-9-13(10-8-12)20-16(3,4)5;/h7-11,14H,6,17H2,1-5H3,(H,18,19);1H. The molecule has 1 aromatic carbocycles. The number of carbonyl (C=O) groups is 1. The van der Waals surface area contributed by atoms with Crippen LogP contribution in [0.4, 0.5) is 5.69 Å². The Morgan fingerprint density at radius 3 is 2.24 bits per heavy atom. The lowest BCUT2D eigenvalue weighted by Gasteiger charge is -2.19. The van der Waals surface area contributed by atoms with Crippen LogP contribution in [0.1, 0.15) is 41.0 Å². The highest BCUT2D eigenvalue weighted by Gasteiger charge is 2.19. The van der Waals surface area contributed by atoms with Gasteiger partial charge >= 0.3 is 0 Å². The van der Waals surface area contributed by atoms with Gasteiger partial charge < -0.3 is 11.1 Å². The lowest BCUT2D eigenvalue weighted by Crippen LogP contribution is -2.40. The van der Waals surface area contributed by atoms with E-state index in [4.69, 9.17) is 5.73 Å². The summed E-state index contributed by atoms with van der Waals surface area (Å²) in [5, 5.41) is 2.87. The van der Waals surface area contributed by atoms with Gasteiger partial charge in [-0.15, -0.1) is 24.2 Å². The first-order chi connectivity index (χ1) is 9.23. The van der Waals surface area contributed by atoms with Gasteiger partial charge in [0.05, 0.1) is 6.04 Å². The van der Waals surface area contributed by atoms with E-state index in [2.05, 4.69) is 26.1 Å². The first-order valence-corrected chi connectivity index (χ1v) is 7.90. The summed E-state index contributed by atoms with van der Waals surface area (Å²) in [6.07, 6.45) is 0.899. The van der Waals surface area contributed by atoms with Crippen molar-refractivity contribution in [1.29, 1.82) is 0 Å². The van der Waals surface area contributed by atoms with E-state index in [1.54, 1.807) is 11.8 Å². The molecule has 3 nitrogen and oxygen atoms in total. The van der Waals surface area contributed by atoms with E-state index in [1.165, 1.54) is 4.90 Å². The number of rotatable bonds is 5. The first-order valence-electron chi connectivity index (χ1n) is 7.08. The Morgan fingerprint density at radius 1 is 1.29 bits per heavy atom. The van der Waals surface area contributed by atoms with Crippen molar-refractivity contribution in [3.8, 4) is 0 Å². The van der Waals surface area contributed by atoms with Gasteiger partial charge in [-0.1, -0.05) is 41.0 Å². The molecule has 120 valence electrons. The molecule has 1 amide bonds. The van der Waals surface area contributed by atoms with Crippen molar-refractivity contribution in [2.75, 3.05) is 5.32 Å². The summed E-state index contributed by atoms with van der Waals surface area (Å²) in [5.74, 6) is 0.0706. The lowest BCUT2D eigenvalue weighted by atomic mass is 9.99. The molecule has 0 aliphatic rings. The molecule has 1 aromatic rings. The van der Waals surface area contributed by atoms with E-state index >= 15 is 0 Å². The van der Waals surface area contributed by atoms with Crippen molar-refractivity contribution in [3.05, 3.63) is 24.3 Å². The molecule has 0 saturated carbocycles. The summed E-state index contributed by atoms with van der Waals surface area (Å²) in [5.41, 5.74) is 6.71. The average molecular weight is 331 g/mol. The van der Waals surface area contributed by atoms with Crippen molar-refractivity contribution < 1.29 is 4.79 Å². The molecule has 0 bridgehead atoms. The van der Waals surface area contributed by atoms with E-state index in [1.807, 2.05) is 38.1 Å². The van der Waals surface area contributed by atoms with Crippen LogP contribution in [0.5, 0.6) is 0 Å². The van der Waals surface area contributed by atoms with Gasteiger partial charge in [-0.3, -0.25) is 4.79 Å². The number of hydrogen-bond donors (Lipinski definition) is 2. The third-order valence-electron chi connectivity index (χ3n) is 3.11. The number of hydrogen-bond acceptors (Lipinski definition) is 3. The molecule has 21 heavy (non-hydrogen) atoms. The second-order valence-electron chi connectivity index (χ2n) is 6.14. The zero-order valence-corrected chi connectivity index (χ0v) is 15.1. The molecule has 1 rings (SSSR count). The average Bonchev–Trinajstić information content (AvgIpc) is 2.37. The third kappa shape index (κ3) is 7.21. The number of nitrogens with two attached hydrogens (primary N) is 1. The molecule has 0 aromatic heterocycles. The number of amides is 1. The zero-order chi connectivity index (χ0) is 15.3. The van der Waals surface area contributed by atoms with Crippen LogP contribution >= 0.6 is 24.2 Å². The highest BCUT2D eigenvalue weighted by molar-refractivity contribution is 8.00. The molecule has 0 fully saturated rings.